The van der Waals surface area contributed by atoms with Gasteiger partial charge in [-0.2, -0.15) is 0 Å². The van der Waals surface area contributed by atoms with E-state index in [1.165, 1.54) is 19.3 Å². The molecule has 1 saturated carbocycles. The van der Waals surface area contributed by atoms with Crippen molar-refractivity contribution in [2.24, 2.45) is 23.2 Å². The van der Waals surface area contributed by atoms with Crippen LogP contribution in [0, 0.1) is 23.2 Å². The van der Waals surface area contributed by atoms with Gasteiger partial charge in [-0.1, -0.05) is 32.4 Å². The van der Waals surface area contributed by atoms with Gasteiger partial charge in [0.25, 0.3) is 0 Å². The molecule has 1 heterocycles. The van der Waals surface area contributed by atoms with Gasteiger partial charge in [0.05, 0.1) is 0 Å². The van der Waals surface area contributed by atoms with Crippen molar-refractivity contribution in [3.05, 3.63) is 11.6 Å². The van der Waals surface area contributed by atoms with E-state index in [1.54, 1.807) is 5.57 Å². The normalized spacial score (nSPS) is 46.4. The molecule has 2 heteroatoms. The van der Waals surface area contributed by atoms with E-state index in [4.69, 9.17) is 0 Å². The van der Waals surface area contributed by atoms with Crippen molar-refractivity contribution in [3.8, 4) is 0 Å². The molecule has 0 N–H and O–H groups in total. The number of allylic oxidation sites excluding steroid dienone is 1. The number of fused-ring (bicyclic) bond motifs is 3. The van der Waals surface area contributed by atoms with Crippen molar-refractivity contribution in [1.82, 2.24) is 4.90 Å². The van der Waals surface area contributed by atoms with Crippen LogP contribution < -0.4 is 0 Å². The van der Waals surface area contributed by atoms with Crippen molar-refractivity contribution in [2.75, 3.05) is 7.05 Å². The number of amides is 1. The van der Waals surface area contributed by atoms with E-state index in [-0.39, 0.29) is 5.41 Å². The first-order valence-corrected chi connectivity index (χ1v) is 7.91. The van der Waals surface area contributed by atoms with Crippen LogP contribution >= 0.6 is 0 Å². The zero-order valence-electron chi connectivity index (χ0n) is 12.8. The Morgan fingerprint density at radius 1 is 1.32 bits per heavy atom. The second-order valence-corrected chi connectivity index (χ2v) is 7.35. The maximum absolute atomic E-state index is 12.0. The molecular formula is C17H27NO. The Morgan fingerprint density at radius 2 is 2.05 bits per heavy atom. The van der Waals surface area contributed by atoms with Crippen LogP contribution in [0.5, 0.6) is 0 Å². The number of piperidine rings is 1. The molecule has 2 aliphatic carbocycles. The summed E-state index contributed by atoms with van der Waals surface area (Å²) in [6, 6.07) is 0.442. The van der Waals surface area contributed by atoms with E-state index >= 15 is 0 Å². The maximum Gasteiger partial charge on any atom is 0.222 e. The van der Waals surface area contributed by atoms with Crippen LogP contribution in [0.4, 0.5) is 0 Å². The lowest BCUT2D eigenvalue weighted by atomic mass is 9.54. The molecule has 2 nitrogen and oxygen atoms in total. The number of hydrogen-bond acceptors (Lipinski definition) is 1. The van der Waals surface area contributed by atoms with E-state index in [1.807, 2.05) is 11.9 Å². The SMILES string of the molecule is CC1CC=C2[C@H](CCC3N(C)C(=O)CC[C@@]23C)C1C. The molecular weight excluding hydrogens is 234 g/mol. The Labute approximate surface area is 117 Å². The molecule has 5 atom stereocenters. The summed E-state index contributed by atoms with van der Waals surface area (Å²) in [6.45, 7) is 7.24. The highest BCUT2D eigenvalue weighted by Crippen LogP contribution is 2.55. The average molecular weight is 261 g/mol. The second-order valence-electron chi connectivity index (χ2n) is 7.35. The zero-order chi connectivity index (χ0) is 13.8. The van der Waals surface area contributed by atoms with Crippen molar-refractivity contribution in [1.29, 1.82) is 0 Å². The minimum atomic E-state index is 0.250. The molecule has 1 aliphatic heterocycles. The number of nitrogens with zero attached hydrogens (tertiary/aromatic N) is 1. The number of carbonyl (C=O) groups excluding carboxylic acids is 1. The van der Waals surface area contributed by atoms with Gasteiger partial charge in [-0.15, -0.1) is 0 Å². The Kier molecular flexibility index (Phi) is 3.03. The Morgan fingerprint density at radius 3 is 2.79 bits per heavy atom. The van der Waals surface area contributed by atoms with E-state index in [0.717, 1.165) is 30.6 Å². The molecule has 19 heavy (non-hydrogen) atoms. The first-order chi connectivity index (χ1) is 8.95. The predicted molar refractivity (Wildman–Crippen MR) is 77.7 cm³/mol. The van der Waals surface area contributed by atoms with Crippen molar-refractivity contribution in [3.63, 3.8) is 0 Å². The van der Waals surface area contributed by atoms with Gasteiger partial charge in [-0.05, 0) is 43.4 Å². The summed E-state index contributed by atoms with van der Waals surface area (Å²) in [5.74, 6) is 2.74. The third-order valence-electron chi connectivity index (χ3n) is 6.51. The molecule has 3 aliphatic rings. The molecule has 106 valence electrons. The first kappa shape index (κ1) is 13.2. The smallest absolute Gasteiger partial charge is 0.222 e. The van der Waals surface area contributed by atoms with Gasteiger partial charge in [0.1, 0.15) is 0 Å². The molecule has 0 aromatic heterocycles. The van der Waals surface area contributed by atoms with Crippen molar-refractivity contribution in [2.45, 2.75) is 58.9 Å². The highest BCUT2D eigenvalue weighted by atomic mass is 16.2. The monoisotopic (exact) mass is 261 g/mol. The highest BCUT2D eigenvalue weighted by Gasteiger charge is 2.51. The van der Waals surface area contributed by atoms with Crippen molar-refractivity contribution < 1.29 is 4.79 Å². The fourth-order valence-electron chi connectivity index (χ4n) is 4.93. The summed E-state index contributed by atoms with van der Waals surface area (Å²) in [7, 11) is 2.01. The van der Waals surface area contributed by atoms with Crippen LogP contribution in [0.3, 0.4) is 0 Å². The highest BCUT2D eigenvalue weighted by molar-refractivity contribution is 5.77. The number of hydrogen-bond donors (Lipinski definition) is 0. The van der Waals surface area contributed by atoms with Gasteiger partial charge in [-0.3, -0.25) is 4.79 Å². The standard InChI is InChI=1S/C17H27NO/c1-11-5-7-14-13(12(11)2)6-8-15-17(14,3)10-9-16(19)18(15)4/h7,11-13,15H,5-6,8-10H2,1-4H3/t11?,12?,13-,15?,17+/m1/s1. The van der Waals surface area contributed by atoms with E-state index in [9.17, 15) is 4.79 Å². The molecule has 0 aromatic rings. The molecule has 0 bridgehead atoms. The predicted octanol–water partition coefficient (Wildman–Crippen LogP) is 3.63. The van der Waals surface area contributed by atoms with Gasteiger partial charge >= 0.3 is 0 Å². The van der Waals surface area contributed by atoms with Crippen LogP contribution in [-0.2, 0) is 4.79 Å². The third kappa shape index (κ3) is 1.79. The van der Waals surface area contributed by atoms with Gasteiger partial charge in [0.2, 0.25) is 5.91 Å². The number of carbonyl (C=O) groups is 1. The lowest BCUT2D eigenvalue weighted by Crippen LogP contribution is -2.56. The minimum Gasteiger partial charge on any atom is -0.342 e. The molecule has 3 unspecified atom stereocenters. The fraction of sp³-hybridized carbons (Fsp3) is 0.824. The lowest BCUT2D eigenvalue weighted by molar-refractivity contribution is -0.141. The van der Waals surface area contributed by atoms with E-state index in [0.29, 0.717) is 11.9 Å². The van der Waals surface area contributed by atoms with Crippen molar-refractivity contribution >= 4 is 5.91 Å². The van der Waals surface area contributed by atoms with Crippen LogP contribution in [0.2, 0.25) is 0 Å². The van der Waals surface area contributed by atoms with Gasteiger partial charge < -0.3 is 4.90 Å². The molecule has 3 rings (SSSR count). The Bertz CT molecular complexity index is 427. The summed E-state index contributed by atoms with van der Waals surface area (Å²) in [5.41, 5.74) is 1.94. The molecule has 0 radical (unpaired) electrons. The van der Waals surface area contributed by atoms with Gasteiger partial charge in [-0.25, -0.2) is 0 Å². The minimum absolute atomic E-state index is 0.250. The topological polar surface area (TPSA) is 20.3 Å². The summed E-state index contributed by atoms with van der Waals surface area (Å²) in [6.07, 6.45) is 8.02. The quantitative estimate of drug-likeness (QED) is 0.610. The molecule has 2 fully saturated rings. The van der Waals surface area contributed by atoms with Crippen LogP contribution in [0.25, 0.3) is 0 Å². The summed E-state index contributed by atoms with van der Waals surface area (Å²) >= 11 is 0. The second kappa shape index (κ2) is 4.36. The molecule has 1 saturated heterocycles. The molecule has 0 spiro atoms. The average Bonchev–Trinajstić information content (AvgIpc) is 2.39. The summed E-state index contributed by atoms with van der Waals surface area (Å²) in [5, 5.41) is 0. The van der Waals surface area contributed by atoms with Crippen LogP contribution in [0.15, 0.2) is 11.6 Å². The lowest BCUT2D eigenvalue weighted by Gasteiger charge is -2.56. The zero-order valence-corrected chi connectivity index (χ0v) is 12.8. The largest absolute Gasteiger partial charge is 0.342 e. The van der Waals surface area contributed by atoms with E-state index in [2.05, 4.69) is 26.8 Å². The van der Waals surface area contributed by atoms with Crippen LogP contribution in [0.1, 0.15) is 52.9 Å². The summed E-state index contributed by atoms with van der Waals surface area (Å²) < 4.78 is 0. The number of likely N-dealkylation sites (tertiary alicyclic amines) is 1. The molecule has 0 aromatic carbocycles. The first-order valence-electron chi connectivity index (χ1n) is 7.91. The van der Waals surface area contributed by atoms with Gasteiger partial charge in [0, 0.05) is 24.9 Å². The Balaban J connectivity index is 1.97. The van der Waals surface area contributed by atoms with Crippen LogP contribution in [-0.4, -0.2) is 23.9 Å². The van der Waals surface area contributed by atoms with E-state index < -0.39 is 0 Å². The number of rotatable bonds is 0. The Hall–Kier alpha value is -0.790. The third-order valence-corrected chi connectivity index (χ3v) is 6.51. The maximum atomic E-state index is 12.0. The summed E-state index contributed by atoms with van der Waals surface area (Å²) in [4.78, 5) is 14.0. The van der Waals surface area contributed by atoms with Gasteiger partial charge in [0.15, 0.2) is 0 Å². The fourth-order valence-corrected chi connectivity index (χ4v) is 4.93. The molecule has 1 amide bonds.